The van der Waals surface area contributed by atoms with Gasteiger partial charge in [0.25, 0.3) is 0 Å². The third-order valence-corrected chi connectivity index (χ3v) is 12.8. The Balaban J connectivity index is 1.22. The maximum absolute atomic E-state index is 6.32. The van der Waals surface area contributed by atoms with E-state index in [0.717, 1.165) is 27.5 Å². The van der Waals surface area contributed by atoms with Gasteiger partial charge in [-0.25, -0.2) is 0 Å². The van der Waals surface area contributed by atoms with Crippen molar-refractivity contribution in [3.63, 3.8) is 0 Å². The number of para-hydroxylation sites is 1. The van der Waals surface area contributed by atoms with Crippen LogP contribution in [-0.2, 0) is 0 Å². The molecule has 0 aliphatic rings. The van der Waals surface area contributed by atoms with E-state index in [-0.39, 0.29) is 0 Å². The highest BCUT2D eigenvalue weighted by molar-refractivity contribution is 7.25. The second kappa shape index (κ2) is 12.3. The fourth-order valence-electron chi connectivity index (χ4n) is 9.22. The molecule has 12 rings (SSSR count). The van der Waals surface area contributed by atoms with Gasteiger partial charge in [-0.1, -0.05) is 158 Å². The summed E-state index contributed by atoms with van der Waals surface area (Å²) < 4.78 is 8.94. The van der Waals surface area contributed by atoms with Crippen molar-refractivity contribution in [1.82, 2.24) is 0 Å². The third kappa shape index (κ3) is 4.67. The Morgan fingerprint density at radius 3 is 1.54 bits per heavy atom. The Bertz CT molecular complexity index is 3350. The van der Waals surface area contributed by atoms with E-state index in [2.05, 4.69) is 188 Å². The van der Waals surface area contributed by atoms with Crippen LogP contribution in [0.15, 0.2) is 199 Å². The zero-order chi connectivity index (χ0) is 36.7. The van der Waals surface area contributed by atoms with Gasteiger partial charge < -0.3 is 4.42 Å². The first-order chi connectivity index (χ1) is 27.8. The fourth-order valence-corrected chi connectivity index (χ4v) is 10.3. The lowest BCUT2D eigenvalue weighted by Crippen LogP contribution is -1.95. The molecular formula is C54H32OS. The molecule has 0 aliphatic carbocycles. The van der Waals surface area contributed by atoms with Crippen molar-refractivity contribution in [2.45, 2.75) is 0 Å². The summed E-state index contributed by atoms with van der Waals surface area (Å²) in [5, 5.41) is 12.3. The molecule has 2 aromatic heterocycles. The summed E-state index contributed by atoms with van der Waals surface area (Å²) in [6.07, 6.45) is 0. The molecule has 0 spiro atoms. The van der Waals surface area contributed by atoms with Gasteiger partial charge in [0.15, 0.2) is 0 Å². The molecule has 2 heterocycles. The van der Waals surface area contributed by atoms with Crippen LogP contribution < -0.4 is 0 Å². The van der Waals surface area contributed by atoms with Crippen molar-refractivity contribution in [2.75, 3.05) is 0 Å². The van der Waals surface area contributed by atoms with Gasteiger partial charge >= 0.3 is 0 Å². The Labute approximate surface area is 327 Å². The molecule has 1 nitrogen and oxygen atoms in total. The summed E-state index contributed by atoms with van der Waals surface area (Å²) in [6.45, 7) is 0. The monoisotopic (exact) mass is 728 g/mol. The largest absolute Gasteiger partial charge is 0.456 e. The first-order valence-corrected chi connectivity index (χ1v) is 20.0. The minimum atomic E-state index is 0.901. The smallest absolute Gasteiger partial charge is 0.135 e. The third-order valence-electron chi connectivity index (χ3n) is 11.7. The van der Waals surface area contributed by atoms with E-state index in [9.17, 15) is 0 Å². The van der Waals surface area contributed by atoms with Gasteiger partial charge in [-0.05, 0) is 113 Å². The molecule has 12 aromatic rings. The number of benzene rings is 10. The van der Waals surface area contributed by atoms with E-state index in [1.54, 1.807) is 0 Å². The van der Waals surface area contributed by atoms with Gasteiger partial charge in [-0.3, -0.25) is 0 Å². The predicted molar refractivity (Wildman–Crippen MR) is 241 cm³/mol. The number of hydrogen-bond acceptors (Lipinski definition) is 2. The van der Waals surface area contributed by atoms with Crippen molar-refractivity contribution >= 4 is 85.8 Å². The molecule has 10 aromatic carbocycles. The molecule has 0 saturated carbocycles. The standard InChI is InChI=1S/C54H32OS/c1-2-15-36-33(13-1)14-11-24-41(36)52-42-18-3-5-20-44(42)54(45-21-6-4-19-43(45)52)53-37(34-27-29-49-46(31-34)39-16-7-9-25-48(39)55-49)22-12-23-38(53)35-28-30-51-47(32-35)40-17-8-10-26-50(40)56-51/h1-32H. The lowest BCUT2D eigenvalue weighted by Gasteiger charge is -2.23. The maximum atomic E-state index is 6.32. The highest BCUT2D eigenvalue weighted by Crippen LogP contribution is 2.51. The molecule has 2 heteroatoms. The number of hydrogen-bond donors (Lipinski definition) is 0. The summed E-state index contributed by atoms with van der Waals surface area (Å²) in [7, 11) is 0. The van der Waals surface area contributed by atoms with Crippen LogP contribution in [-0.4, -0.2) is 0 Å². The van der Waals surface area contributed by atoms with Crippen molar-refractivity contribution in [3.8, 4) is 44.5 Å². The van der Waals surface area contributed by atoms with E-state index < -0.39 is 0 Å². The summed E-state index contributed by atoms with van der Waals surface area (Å²) in [5.41, 5.74) is 11.6. The maximum Gasteiger partial charge on any atom is 0.135 e. The number of furan rings is 1. The van der Waals surface area contributed by atoms with Crippen LogP contribution in [0.4, 0.5) is 0 Å². The predicted octanol–water partition coefficient (Wildman–Crippen LogP) is 16.1. The SMILES string of the molecule is c1cc(-c2ccc3oc4ccccc4c3c2)c(-c2c3ccccc3c(-c3cccc4ccccc34)c3ccccc23)c(-c2ccc3sc4ccccc4c3c2)c1. The molecule has 0 amide bonds. The molecule has 0 radical (unpaired) electrons. The lowest BCUT2D eigenvalue weighted by atomic mass is 9.80. The molecule has 260 valence electrons. The van der Waals surface area contributed by atoms with E-state index in [4.69, 9.17) is 4.42 Å². The van der Waals surface area contributed by atoms with Crippen LogP contribution in [0.1, 0.15) is 0 Å². The van der Waals surface area contributed by atoms with Gasteiger partial charge in [0.2, 0.25) is 0 Å². The zero-order valence-electron chi connectivity index (χ0n) is 30.3. The van der Waals surface area contributed by atoms with Gasteiger partial charge in [-0.15, -0.1) is 11.3 Å². The summed E-state index contributed by atoms with van der Waals surface area (Å²) in [5.74, 6) is 0. The van der Waals surface area contributed by atoms with Gasteiger partial charge in [0.05, 0.1) is 0 Å². The van der Waals surface area contributed by atoms with Crippen molar-refractivity contribution in [3.05, 3.63) is 194 Å². The van der Waals surface area contributed by atoms with Gasteiger partial charge in [-0.2, -0.15) is 0 Å². The van der Waals surface area contributed by atoms with Gasteiger partial charge in [0.1, 0.15) is 11.2 Å². The minimum Gasteiger partial charge on any atom is -0.456 e. The van der Waals surface area contributed by atoms with Crippen molar-refractivity contribution in [1.29, 1.82) is 0 Å². The Morgan fingerprint density at radius 1 is 0.286 bits per heavy atom. The van der Waals surface area contributed by atoms with Crippen molar-refractivity contribution < 1.29 is 4.42 Å². The number of fused-ring (bicyclic) bond motifs is 9. The summed E-state index contributed by atoms with van der Waals surface area (Å²) >= 11 is 1.86. The van der Waals surface area contributed by atoms with Crippen LogP contribution in [0.3, 0.4) is 0 Å². The van der Waals surface area contributed by atoms with E-state index >= 15 is 0 Å². The summed E-state index contributed by atoms with van der Waals surface area (Å²) in [4.78, 5) is 0. The summed E-state index contributed by atoms with van der Waals surface area (Å²) in [6, 6.07) is 71.3. The fraction of sp³-hybridized carbons (Fsp3) is 0. The minimum absolute atomic E-state index is 0.901. The van der Waals surface area contributed by atoms with Crippen LogP contribution in [0.25, 0.3) is 119 Å². The molecule has 0 N–H and O–H groups in total. The molecule has 0 fully saturated rings. The van der Waals surface area contributed by atoms with Crippen molar-refractivity contribution in [2.24, 2.45) is 0 Å². The normalized spacial score (nSPS) is 11.9. The van der Waals surface area contributed by atoms with Crippen LogP contribution >= 0.6 is 11.3 Å². The van der Waals surface area contributed by atoms with Crippen LogP contribution in [0, 0.1) is 0 Å². The lowest BCUT2D eigenvalue weighted by molar-refractivity contribution is 0.669. The first kappa shape index (κ1) is 31.4. The Hall–Kier alpha value is -7.00. The second-order valence-corrected chi connectivity index (χ2v) is 15.8. The second-order valence-electron chi connectivity index (χ2n) is 14.7. The van der Waals surface area contributed by atoms with E-state index in [1.807, 2.05) is 17.4 Å². The first-order valence-electron chi connectivity index (χ1n) is 19.2. The Morgan fingerprint density at radius 2 is 0.786 bits per heavy atom. The average Bonchev–Trinajstić information content (AvgIpc) is 3.83. The highest BCUT2D eigenvalue weighted by Gasteiger charge is 2.23. The zero-order valence-corrected chi connectivity index (χ0v) is 31.1. The molecule has 0 bridgehead atoms. The molecule has 56 heavy (non-hydrogen) atoms. The Kier molecular flexibility index (Phi) is 6.87. The molecule has 0 unspecified atom stereocenters. The van der Waals surface area contributed by atoms with E-state index in [0.29, 0.717) is 0 Å². The van der Waals surface area contributed by atoms with Crippen LogP contribution in [0.5, 0.6) is 0 Å². The quantitative estimate of drug-likeness (QED) is 0.165. The molecule has 0 atom stereocenters. The molecule has 0 saturated heterocycles. The number of rotatable bonds is 4. The number of thiophene rings is 1. The molecular weight excluding hydrogens is 697 g/mol. The topological polar surface area (TPSA) is 13.1 Å². The average molecular weight is 729 g/mol. The van der Waals surface area contributed by atoms with E-state index in [1.165, 1.54) is 91.4 Å². The van der Waals surface area contributed by atoms with Crippen LogP contribution in [0.2, 0.25) is 0 Å². The molecule has 0 aliphatic heterocycles. The van der Waals surface area contributed by atoms with Gasteiger partial charge in [0, 0.05) is 30.9 Å². The highest BCUT2D eigenvalue weighted by atomic mass is 32.1.